The van der Waals surface area contributed by atoms with E-state index in [-0.39, 0.29) is 18.2 Å². The van der Waals surface area contributed by atoms with Crippen molar-refractivity contribution in [1.82, 2.24) is 5.32 Å². The van der Waals surface area contributed by atoms with Crippen LogP contribution in [0.15, 0.2) is 24.3 Å². The van der Waals surface area contributed by atoms with Gasteiger partial charge in [-0.05, 0) is 30.7 Å². The van der Waals surface area contributed by atoms with Gasteiger partial charge in [0.2, 0.25) is 11.8 Å². The van der Waals surface area contributed by atoms with Crippen molar-refractivity contribution in [2.24, 2.45) is 0 Å². The SMILES string of the molecule is COCCCNC(=O)CCN(C(C)=O)c1ccc(OC)cc1. The zero-order chi connectivity index (χ0) is 16.4. The Kier molecular flexibility index (Phi) is 7.99. The van der Waals surface area contributed by atoms with E-state index in [0.29, 0.717) is 19.7 Å². The highest BCUT2D eigenvalue weighted by atomic mass is 16.5. The summed E-state index contributed by atoms with van der Waals surface area (Å²) in [5, 5.41) is 2.80. The molecule has 0 aliphatic rings. The lowest BCUT2D eigenvalue weighted by Gasteiger charge is -2.21. The van der Waals surface area contributed by atoms with Crippen molar-refractivity contribution in [2.75, 3.05) is 38.8 Å². The number of carbonyl (C=O) groups excluding carboxylic acids is 2. The van der Waals surface area contributed by atoms with Gasteiger partial charge in [-0.3, -0.25) is 9.59 Å². The zero-order valence-electron chi connectivity index (χ0n) is 13.4. The highest BCUT2D eigenvalue weighted by molar-refractivity contribution is 5.92. The molecule has 0 saturated carbocycles. The van der Waals surface area contributed by atoms with E-state index in [1.54, 1.807) is 43.4 Å². The van der Waals surface area contributed by atoms with Crippen LogP contribution in [0.1, 0.15) is 19.8 Å². The first-order chi connectivity index (χ1) is 10.6. The lowest BCUT2D eigenvalue weighted by molar-refractivity contribution is -0.121. The molecule has 2 amide bonds. The molecule has 0 spiro atoms. The van der Waals surface area contributed by atoms with Gasteiger partial charge in [0.25, 0.3) is 0 Å². The second-order valence-corrected chi connectivity index (χ2v) is 4.81. The Balaban J connectivity index is 2.50. The summed E-state index contributed by atoms with van der Waals surface area (Å²) in [5.41, 5.74) is 0.750. The van der Waals surface area contributed by atoms with Gasteiger partial charge in [0, 0.05) is 45.8 Å². The molecule has 1 aromatic carbocycles. The minimum absolute atomic E-state index is 0.0733. The first-order valence-corrected chi connectivity index (χ1v) is 7.26. The molecule has 0 bridgehead atoms. The van der Waals surface area contributed by atoms with Gasteiger partial charge in [-0.25, -0.2) is 0 Å². The fourth-order valence-corrected chi connectivity index (χ4v) is 1.98. The summed E-state index contributed by atoms with van der Waals surface area (Å²) in [6.45, 7) is 3.03. The van der Waals surface area contributed by atoms with E-state index < -0.39 is 0 Å². The maximum absolute atomic E-state index is 11.8. The van der Waals surface area contributed by atoms with Gasteiger partial charge in [0.1, 0.15) is 5.75 Å². The Bertz CT molecular complexity index is 474. The molecule has 0 aliphatic carbocycles. The Morgan fingerprint density at radius 1 is 1.18 bits per heavy atom. The molecular weight excluding hydrogens is 284 g/mol. The third kappa shape index (κ3) is 6.13. The smallest absolute Gasteiger partial charge is 0.223 e. The molecule has 0 saturated heterocycles. The minimum Gasteiger partial charge on any atom is -0.497 e. The van der Waals surface area contributed by atoms with E-state index in [1.165, 1.54) is 6.92 Å². The fraction of sp³-hybridized carbons (Fsp3) is 0.500. The summed E-state index contributed by atoms with van der Waals surface area (Å²) in [4.78, 5) is 25.1. The number of rotatable bonds is 9. The van der Waals surface area contributed by atoms with Crippen LogP contribution in [0.5, 0.6) is 5.75 Å². The third-order valence-electron chi connectivity index (χ3n) is 3.17. The first-order valence-electron chi connectivity index (χ1n) is 7.26. The first kappa shape index (κ1) is 18.0. The van der Waals surface area contributed by atoms with Crippen LogP contribution in [0.3, 0.4) is 0 Å². The fourth-order valence-electron chi connectivity index (χ4n) is 1.98. The Hall–Kier alpha value is -2.08. The van der Waals surface area contributed by atoms with E-state index >= 15 is 0 Å². The molecule has 122 valence electrons. The second-order valence-electron chi connectivity index (χ2n) is 4.81. The van der Waals surface area contributed by atoms with Gasteiger partial charge in [-0.1, -0.05) is 0 Å². The van der Waals surface area contributed by atoms with Crippen molar-refractivity contribution in [3.63, 3.8) is 0 Å². The number of nitrogens with zero attached hydrogens (tertiary/aromatic N) is 1. The number of nitrogens with one attached hydrogen (secondary N) is 1. The third-order valence-corrected chi connectivity index (χ3v) is 3.17. The predicted molar refractivity (Wildman–Crippen MR) is 85.1 cm³/mol. The maximum atomic E-state index is 11.8. The van der Waals surface area contributed by atoms with E-state index in [0.717, 1.165) is 17.9 Å². The van der Waals surface area contributed by atoms with E-state index in [4.69, 9.17) is 9.47 Å². The Morgan fingerprint density at radius 3 is 2.41 bits per heavy atom. The summed E-state index contributed by atoms with van der Waals surface area (Å²) in [7, 11) is 3.22. The molecule has 0 aliphatic heterocycles. The molecule has 0 heterocycles. The van der Waals surface area contributed by atoms with Gasteiger partial charge in [-0.2, -0.15) is 0 Å². The molecule has 1 N–H and O–H groups in total. The molecule has 0 atom stereocenters. The van der Waals surface area contributed by atoms with Gasteiger partial charge in [0.05, 0.1) is 7.11 Å². The van der Waals surface area contributed by atoms with Crippen molar-refractivity contribution in [2.45, 2.75) is 19.8 Å². The van der Waals surface area contributed by atoms with Gasteiger partial charge < -0.3 is 19.7 Å². The van der Waals surface area contributed by atoms with Crippen LogP contribution in [0.4, 0.5) is 5.69 Å². The van der Waals surface area contributed by atoms with Crippen LogP contribution in [0, 0.1) is 0 Å². The molecule has 0 radical (unpaired) electrons. The standard InChI is InChI=1S/C16H24N2O4/c1-13(19)18(14-5-7-15(22-3)8-6-14)11-9-16(20)17-10-4-12-21-2/h5-8H,4,9-12H2,1-3H3,(H,17,20). The summed E-state index contributed by atoms with van der Waals surface area (Å²) in [6, 6.07) is 7.18. The van der Waals surface area contributed by atoms with E-state index in [9.17, 15) is 9.59 Å². The predicted octanol–water partition coefficient (Wildman–Crippen LogP) is 1.59. The number of amides is 2. The van der Waals surface area contributed by atoms with Crippen molar-refractivity contribution < 1.29 is 19.1 Å². The van der Waals surface area contributed by atoms with E-state index in [2.05, 4.69) is 5.32 Å². The summed E-state index contributed by atoms with van der Waals surface area (Å²) < 4.78 is 10.0. The van der Waals surface area contributed by atoms with Crippen molar-refractivity contribution in [3.8, 4) is 5.75 Å². The molecule has 0 unspecified atom stereocenters. The molecule has 1 aromatic rings. The molecule has 0 fully saturated rings. The molecule has 0 aromatic heterocycles. The van der Waals surface area contributed by atoms with E-state index in [1.807, 2.05) is 0 Å². The van der Waals surface area contributed by atoms with Gasteiger partial charge >= 0.3 is 0 Å². The van der Waals surface area contributed by atoms with Crippen LogP contribution in [-0.2, 0) is 14.3 Å². The molecule has 6 heteroatoms. The topological polar surface area (TPSA) is 67.9 Å². The van der Waals surface area contributed by atoms with Crippen LogP contribution in [0.2, 0.25) is 0 Å². The minimum atomic E-state index is -0.0997. The summed E-state index contributed by atoms with van der Waals surface area (Å²) in [5.74, 6) is 0.552. The summed E-state index contributed by atoms with van der Waals surface area (Å²) in [6.07, 6.45) is 1.04. The van der Waals surface area contributed by atoms with Crippen molar-refractivity contribution in [1.29, 1.82) is 0 Å². The summed E-state index contributed by atoms with van der Waals surface area (Å²) >= 11 is 0. The van der Waals surface area contributed by atoms with Crippen LogP contribution >= 0.6 is 0 Å². The molecule has 6 nitrogen and oxygen atoms in total. The maximum Gasteiger partial charge on any atom is 0.223 e. The molecule has 1 rings (SSSR count). The highest BCUT2D eigenvalue weighted by Crippen LogP contribution is 2.19. The van der Waals surface area contributed by atoms with Gasteiger partial charge in [0.15, 0.2) is 0 Å². The normalized spacial score (nSPS) is 10.1. The van der Waals surface area contributed by atoms with Gasteiger partial charge in [-0.15, -0.1) is 0 Å². The number of anilines is 1. The zero-order valence-corrected chi connectivity index (χ0v) is 13.4. The number of carbonyl (C=O) groups is 2. The van der Waals surface area contributed by atoms with Crippen LogP contribution in [-0.4, -0.2) is 45.7 Å². The lowest BCUT2D eigenvalue weighted by Crippen LogP contribution is -2.34. The number of methoxy groups -OCH3 is 2. The number of hydrogen-bond acceptors (Lipinski definition) is 4. The van der Waals surface area contributed by atoms with Crippen LogP contribution in [0.25, 0.3) is 0 Å². The highest BCUT2D eigenvalue weighted by Gasteiger charge is 2.13. The quantitative estimate of drug-likeness (QED) is 0.704. The largest absolute Gasteiger partial charge is 0.497 e. The van der Waals surface area contributed by atoms with Crippen LogP contribution < -0.4 is 15.0 Å². The van der Waals surface area contributed by atoms with Crippen molar-refractivity contribution in [3.05, 3.63) is 24.3 Å². The Morgan fingerprint density at radius 2 is 1.86 bits per heavy atom. The molecular formula is C16H24N2O4. The second kappa shape index (κ2) is 9.78. The Labute approximate surface area is 131 Å². The average Bonchev–Trinajstić information content (AvgIpc) is 2.52. The average molecular weight is 308 g/mol. The number of ether oxygens (including phenoxy) is 2. The monoisotopic (exact) mass is 308 g/mol. The number of hydrogen-bond donors (Lipinski definition) is 1. The number of benzene rings is 1. The van der Waals surface area contributed by atoms with Crippen molar-refractivity contribution >= 4 is 17.5 Å². The lowest BCUT2D eigenvalue weighted by atomic mass is 10.2. The molecule has 22 heavy (non-hydrogen) atoms.